The fourth-order valence-electron chi connectivity index (χ4n) is 5.42. The molecule has 0 saturated carbocycles. The number of hydrogen-bond acceptors (Lipinski definition) is 3. The normalized spacial score (nSPS) is 12.7. The zero-order valence-corrected chi connectivity index (χ0v) is 23.4. The van der Waals surface area contributed by atoms with Crippen LogP contribution in [0.1, 0.15) is 57.8 Å². The molecule has 0 saturated heterocycles. The second-order valence-corrected chi connectivity index (χ2v) is 10.6. The minimum atomic E-state index is -1.04. The second-order valence-electron chi connectivity index (χ2n) is 10.6. The number of fused-ring (bicyclic) bond motifs is 2. The number of carbonyl (C=O) groups is 2. The van der Waals surface area contributed by atoms with Crippen LogP contribution < -0.4 is 5.32 Å². The predicted molar refractivity (Wildman–Crippen MR) is 162 cm³/mol. The molecule has 43 heavy (non-hydrogen) atoms. The predicted octanol–water partition coefficient (Wildman–Crippen LogP) is 7.93. The van der Waals surface area contributed by atoms with Gasteiger partial charge < -0.3 is 10.4 Å². The fourth-order valence-corrected chi connectivity index (χ4v) is 5.42. The average molecular weight is 576 g/mol. The molecule has 6 aromatic rings. The SMILES string of the molecule is C[C@H](NC(=O)c1cc(-c2cc(F)ccc2F)cc2cnn([C@H](C)c3ccc4ccccc4c3)c12)c1ccc(C(=O)O)cc1. The lowest BCUT2D eigenvalue weighted by Crippen LogP contribution is -2.27. The molecule has 1 heterocycles. The van der Waals surface area contributed by atoms with E-state index < -0.39 is 29.6 Å². The highest BCUT2D eigenvalue weighted by Gasteiger charge is 2.23. The Kier molecular flexibility index (Phi) is 7.19. The van der Waals surface area contributed by atoms with Crippen molar-refractivity contribution in [2.45, 2.75) is 25.9 Å². The monoisotopic (exact) mass is 575 g/mol. The summed E-state index contributed by atoms with van der Waals surface area (Å²) < 4.78 is 30.8. The van der Waals surface area contributed by atoms with E-state index in [2.05, 4.69) is 16.5 Å². The van der Waals surface area contributed by atoms with Gasteiger partial charge in [-0.3, -0.25) is 9.48 Å². The summed E-state index contributed by atoms with van der Waals surface area (Å²) in [6, 6.07) is 26.2. The highest BCUT2D eigenvalue weighted by molar-refractivity contribution is 6.07. The van der Waals surface area contributed by atoms with E-state index in [1.807, 2.05) is 43.3 Å². The lowest BCUT2D eigenvalue weighted by Gasteiger charge is -2.19. The van der Waals surface area contributed by atoms with Crippen LogP contribution in [0.3, 0.4) is 0 Å². The van der Waals surface area contributed by atoms with Crippen molar-refractivity contribution in [3.05, 3.63) is 137 Å². The Morgan fingerprint density at radius 1 is 0.814 bits per heavy atom. The highest BCUT2D eigenvalue weighted by Crippen LogP contribution is 2.33. The smallest absolute Gasteiger partial charge is 0.335 e. The first-order chi connectivity index (χ1) is 20.7. The lowest BCUT2D eigenvalue weighted by atomic mass is 9.98. The average Bonchev–Trinajstić information content (AvgIpc) is 3.45. The van der Waals surface area contributed by atoms with Crippen molar-refractivity contribution in [2.75, 3.05) is 0 Å². The van der Waals surface area contributed by atoms with E-state index in [4.69, 9.17) is 0 Å². The molecule has 0 aliphatic rings. The number of hydrogen-bond donors (Lipinski definition) is 2. The minimum Gasteiger partial charge on any atom is -0.478 e. The van der Waals surface area contributed by atoms with Crippen molar-refractivity contribution in [1.82, 2.24) is 15.1 Å². The van der Waals surface area contributed by atoms with Gasteiger partial charge in [0.15, 0.2) is 0 Å². The molecule has 214 valence electrons. The summed E-state index contributed by atoms with van der Waals surface area (Å²) in [6.07, 6.45) is 1.62. The minimum absolute atomic E-state index is 0.0311. The molecule has 0 bridgehead atoms. The molecule has 0 aliphatic carbocycles. The van der Waals surface area contributed by atoms with E-state index in [1.165, 1.54) is 12.1 Å². The molecule has 5 aromatic carbocycles. The van der Waals surface area contributed by atoms with Crippen LogP contribution in [0.15, 0.2) is 103 Å². The van der Waals surface area contributed by atoms with E-state index in [-0.39, 0.29) is 22.7 Å². The summed E-state index contributed by atoms with van der Waals surface area (Å²) in [4.78, 5) is 25.2. The van der Waals surface area contributed by atoms with Crippen molar-refractivity contribution in [3.8, 4) is 11.1 Å². The standard InChI is InChI=1S/C35H27F2N3O3/c1-20(22-7-10-24(11-8-22)35(42)43)39-34(41)31-17-27(30-18-29(36)13-14-32(30)37)16-28-19-38-40(33(28)31)21(2)25-12-9-23-5-3-4-6-26(23)15-25/h3-21H,1-2H3,(H,39,41)(H,42,43)/t20-,21+/m0/s1. The number of carboxylic acid groups (broad SMARTS) is 1. The third-order valence-electron chi connectivity index (χ3n) is 7.80. The lowest BCUT2D eigenvalue weighted by molar-refractivity contribution is 0.0696. The van der Waals surface area contributed by atoms with Gasteiger partial charge in [0, 0.05) is 10.9 Å². The Morgan fingerprint density at radius 2 is 1.53 bits per heavy atom. The van der Waals surface area contributed by atoms with Crippen molar-refractivity contribution in [1.29, 1.82) is 0 Å². The summed E-state index contributed by atoms with van der Waals surface area (Å²) >= 11 is 0. The summed E-state index contributed by atoms with van der Waals surface area (Å²) in [7, 11) is 0. The van der Waals surface area contributed by atoms with Gasteiger partial charge in [0.2, 0.25) is 0 Å². The van der Waals surface area contributed by atoms with Crippen LogP contribution in [0.5, 0.6) is 0 Å². The van der Waals surface area contributed by atoms with Gasteiger partial charge in [-0.2, -0.15) is 5.10 Å². The number of carboxylic acids is 1. The number of aromatic carboxylic acids is 1. The number of amides is 1. The molecule has 2 N–H and O–H groups in total. The van der Waals surface area contributed by atoms with Crippen LogP contribution in [-0.4, -0.2) is 26.8 Å². The van der Waals surface area contributed by atoms with Gasteiger partial charge in [0.25, 0.3) is 5.91 Å². The molecule has 1 amide bonds. The molecule has 0 unspecified atom stereocenters. The third-order valence-corrected chi connectivity index (χ3v) is 7.80. The van der Waals surface area contributed by atoms with Crippen molar-refractivity contribution in [3.63, 3.8) is 0 Å². The maximum atomic E-state index is 14.9. The molecular formula is C35H27F2N3O3. The molecule has 1 aromatic heterocycles. The molecule has 8 heteroatoms. The summed E-state index contributed by atoms with van der Waals surface area (Å²) in [5.41, 5.74) is 3.00. The zero-order chi connectivity index (χ0) is 30.2. The van der Waals surface area contributed by atoms with Crippen molar-refractivity contribution >= 4 is 33.6 Å². The number of carbonyl (C=O) groups excluding carboxylic acids is 1. The van der Waals surface area contributed by atoms with Gasteiger partial charge in [-0.05, 0) is 89.8 Å². The number of aromatic nitrogens is 2. The Bertz CT molecular complexity index is 2020. The van der Waals surface area contributed by atoms with Gasteiger partial charge in [-0.15, -0.1) is 0 Å². The maximum Gasteiger partial charge on any atom is 0.335 e. The number of benzene rings is 5. The number of nitrogens with one attached hydrogen (secondary N) is 1. The van der Waals surface area contributed by atoms with Crippen LogP contribution in [0.4, 0.5) is 8.78 Å². The Morgan fingerprint density at radius 3 is 2.28 bits per heavy atom. The summed E-state index contributed by atoms with van der Waals surface area (Å²) in [5.74, 6) is -2.69. The van der Waals surface area contributed by atoms with Gasteiger partial charge in [-0.25, -0.2) is 13.6 Å². The summed E-state index contributed by atoms with van der Waals surface area (Å²) in [6.45, 7) is 3.78. The second kappa shape index (κ2) is 11.1. The molecular weight excluding hydrogens is 548 g/mol. The molecule has 0 spiro atoms. The van der Waals surface area contributed by atoms with Gasteiger partial charge in [-0.1, -0.05) is 48.5 Å². The Hall–Kier alpha value is -5.37. The first kappa shape index (κ1) is 27.8. The first-order valence-electron chi connectivity index (χ1n) is 13.8. The van der Waals surface area contributed by atoms with E-state index in [1.54, 1.807) is 42.1 Å². The first-order valence-corrected chi connectivity index (χ1v) is 13.8. The van der Waals surface area contributed by atoms with E-state index >= 15 is 0 Å². The van der Waals surface area contributed by atoms with Gasteiger partial charge in [0.05, 0.1) is 34.9 Å². The van der Waals surface area contributed by atoms with E-state index in [0.717, 1.165) is 34.5 Å². The van der Waals surface area contributed by atoms with Crippen LogP contribution in [-0.2, 0) is 0 Å². The summed E-state index contributed by atoms with van der Waals surface area (Å²) in [5, 5.41) is 19.6. The molecule has 0 aliphatic heterocycles. The van der Waals surface area contributed by atoms with E-state index in [0.29, 0.717) is 22.0 Å². The van der Waals surface area contributed by atoms with Crippen LogP contribution in [0, 0.1) is 11.6 Å². The zero-order valence-electron chi connectivity index (χ0n) is 23.4. The molecule has 6 rings (SSSR count). The van der Waals surface area contributed by atoms with Gasteiger partial charge >= 0.3 is 5.97 Å². The quantitative estimate of drug-likeness (QED) is 0.202. The fraction of sp³-hybridized carbons (Fsp3) is 0.114. The van der Waals surface area contributed by atoms with Crippen LogP contribution in [0.25, 0.3) is 32.8 Å². The van der Waals surface area contributed by atoms with Crippen LogP contribution >= 0.6 is 0 Å². The highest BCUT2D eigenvalue weighted by atomic mass is 19.1. The number of rotatable bonds is 7. The largest absolute Gasteiger partial charge is 0.478 e. The van der Waals surface area contributed by atoms with E-state index in [9.17, 15) is 23.5 Å². The number of halogens is 2. The Labute approximate surface area is 246 Å². The molecule has 6 nitrogen and oxygen atoms in total. The number of nitrogens with zero attached hydrogens (tertiary/aromatic N) is 2. The van der Waals surface area contributed by atoms with Gasteiger partial charge in [0.1, 0.15) is 11.6 Å². The topological polar surface area (TPSA) is 84.2 Å². The van der Waals surface area contributed by atoms with Crippen LogP contribution in [0.2, 0.25) is 0 Å². The Balaban J connectivity index is 1.45. The van der Waals surface area contributed by atoms with Crippen molar-refractivity contribution < 1.29 is 23.5 Å². The third kappa shape index (κ3) is 5.35. The maximum absolute atomic E-state index is 14.9. The van der Waals surface area contributed by atoms with Crippen molar-refractivity contribution in [2.24, 2.45) is 0 Å². The molecule has 0 fully saturated rings. The molecule has 2 atom stereocenters. The molecule has 0 radical (unpaired) electrons.